The van der Waals surface area contributed by atoms with Crippen molar-refractivity contribution >= 4 is 24.2 Å². The Morgan fingerprint density at radius 3 is 2.29 bits per heavy atom. The minimum Gasteiger partial charge on any atom is -0.466 e. The maximum absolute atomic E-state index is 6.25. The maximum atomic E-state index is 6.25. The van der Waals surface area contributed by atoms with E-state index in [4.69, 9.17) is 4.42 Å². The predicted molar refractivity (Wildman–Crippen MR) is 92.9 cm³/mol. The molecule has 2 heteroatoms. The summed E-state index contributed by atoms with van der Waals surface area (Å²) >= 11 is 0. The number of furan rings is 1. The normalized spacial score (nSPS) is 15.5. The first kappa shape index (κ1) is 14.1. The van der Waals surface area contributed by atoms with Crippen molar-refractivity contribution in [3.63, 3.8) is 0 Å². The van der Waals surface area contributed by atoms with E-state index in [1.165, 1.54) is 21.9 Å². The fraction of sp³-hybridized carbons (Fsp3) is 0.263. The van der Waals surface area contributed by atoms with Crippen LogP contribution in [0.15, 0.2) is 64.1 Å². The number of hydrogen-bond donors (Lipinski definition) is 0. The quantitative estimate of drug-likeness (QED) is 0.772. The summed E-state index contributed by atoms with van der Waals surface area (Å²) in [6.07, 6.45) is 3.28. The number of hydrogen-bond acceptors (Lipinski definition) is 1. The van der Waals surface area contributed by atoms with E-state index < -0.39 is 8.07 Å². The van der Waals surface area contributed by atoms with E-state index in [0.29, 0.717) is 0 Å². The van der Waals surface area contributed by atoms with Crippen molar-refractivity contribution in [3.05, 3.63) is 65.4 Å². The molecule has 1 aliphatic rings. The molecule has 2 aromatic rings. The van der Waals surface area contributed by atoms with Crippen molar-refractivity contribution in [3.8, 4) is 0 Å². The van der Waals surface area contributed by atoms with Crippen molar-refractivity contribution in [2.24, 2.45) is 0 Å². The molecule has 0 atom stereocenters. The summed E-state index contributed by atoms with van der Waals surface area (Å²) in [7, 11) is -1.73. The maximum Gasteiger partial charge on any atom is 0.156 e. The van der Waals surface area contributed by atoms with Crippen LogP contribution in [-0.2, 0) is 0 Å². The molecule has 0 aliphatic heterocycles. The molecule has 3 rings (SSSR count). The van der Waals surface area contributed by atoms with Crippen LogP contribution in [0.25, 0.3) is 5.57 Å². The Labute approximate surface area is 128 Å². The first-order valence-electron chi connectivity index (χ1n) is 7.51. The molecule has 0 spiro atoms. The van der Waals surface area contributed by atoms with Gasteiger partial charge in [0.25, 0.3) is 0 Å². The van der Waals surface area contributed by atoms with Gasteiger partial charge in [0.15, 0.2) is 8.07 Å². The monoisotopic (exact) mass is 294 g/mol. The lowest BCUT2D eigenvalue weighted by Gasteiger charge is -2.20. The summed E-state index contributed by atoms with van der Waals surface area (Å²) in [6.45, 7) is 9.08. The third kappa shape index (κ3) is 2.56. The van der Waals surface area contributed by atoms with Crippen molar-refractivity contribution < 1.29 is 4.42 Å². The standard InChI is InChI=1S/C19H22OSi/c1-14-12-16(13-15(14)2)18-10-11-19(20-18)21(3,4)17-8-6-5-7-9-17/h5-12H,13H2,1-4H3. The van der Waals surface area contributed by atoms with Gasteiger partial charge in [0.1, 0.15) is 5.76 Å². The average Bonchev–Trinajstić information content (AvgIpc) is 3.08. The zero-order chi connectivity index (χ0) is 15.0. The first-order valence-corrected chi connectivity index (χ1v) is 10.5. The van der Waals surface area contributed by atoms with Crippen LogP contribution in [0, 0.1) is 0 Å². The molecule has 1 aliphatic carbocycles. The second kappa shape index (κ2) is 5.19. The molecule has 0 amide bonds. The van der Waals surface area contributed by atoms with Gasteiger partial charge in [-0.1, -0.05) is 65.8 Å². The summed E-state index contributed by atoms with van der Waals surface area (Å²) in [6, 6.07) is 15.1. The highest BCUT2D eigenvalue weighted by Gasteiger charge is 2.30. The minimum absolute atomic E-state index is 1.02. The van der Waals surface area contributed by atoms with E-state index in [2.05, 4.69) is 75.5 Å². The fourth-order valence-corrected chi connectivity index (χ4v) is 5.04. The van der Waals surface area contributed by atoms with Crippen LogP contribution in [0.3, 0.4) is 0 Å². The molecule has 0 radical (unpaired) electrons. The lowest BCUT2D eigenvalue weighted by Crippen LogP contribution is -2.52. The van der Waals surface area contributed by atoms with Gasteiger partial charge in [0.2, 0.25) is 0 Å². The molecule has 1 nitrogen and oxygen atoms in total. The lowest BCUT2D eigenvalue weighted by atomic mass is 10.1. The molecule has 1 aromatic carbocycles. The van der Waals surface area contributed by atoms with Crippen LogP contribution in [0.4, 0.5) is 0 Å². The van der Waals surface area contributed by atoms with Gasteiger partial charge >= 0.3 is 0 Å². The Bertz CT molecular complexity index is 717. The van der Waals surface area contributed by atoms with E-state index in [9.17, 15) is 0 Å². The van der Waals surface area contributed by atoms with Gasteiger partial charge in [0.05, 0.1) is 5.38 Å². The molecule has 1 heterocycles. The molecule has 0 fully saturated rings. The smallest absolute Gasteiger partial charge is 0.156 e. The lowest BCUT2D eigenvalue weighted by molar-refractivity contribution is 0.581. The van der Waals surface area contributed by atoms with Crippen molar-refractivity contribution in [1.82, 2.24) is 0 Å². The largest absolute Gasteiger partial charge is 0.466 e. The van der Waals surface area contributed by atoms with Gasteiger partial charge in [-0.3, -0.25) is 0 Å². The predicted octanol–water partition coefficient (Wildman–Crippen LogP) is 4.23. The summed E-state index contributed by atoms with van der Waals surface area (Å²) in [4.78, 5) is 0. The molecule has 1 aromatic heterocycles. The Morgan fingerprint density at radius 2 is 1.67 bits per heavy atom. The third-order valence-electron chi connectivity index (χ3n) is 4.55. The van der Waals surface area contributed by atoms with Crippen LogP contribution in [0.2, 0.25) is 13.1 Å². The van der Waals surface area contributed by atoms with Crippen LogP contribution in [0.5, 0.6) is 0 Å². The van der Waals surface area contributed by atoms with E-state index in [0.717, 1.165) is 17.6 Å². The average molecular weight is 294 g/mol. The highest BCUT2D eigenvalue weighted by atomic mass is 28.3. The van der Waals surface area contributed by atoms with Crippen LogP contribution in [0.1, 0.15) is 26.0 Å². The van der Waals surface area contributed by atoms with Crippen LogP contribution in [-0.4, -0.2) is 8.07 Å². The molecular formula is C19H22OSi. The second-order valence-corrected chi connectivity index (χ2v) is 10.8. The third-order valence-corrected chi connectivity index (χ3v) is 7.83. The second-order valence-electron chi connectivity index (χ2n) is 6.46. The number of benzene rings is 1. The Hall–Kier alpha value is -1.80. The van der Waals surface area contributed by atoms with Gasteiger partial charge < -0.3 is 4.42 Å². The van der Waals surface area contributed by atoms with Gasteiger partial charge in [-0.25, -0.2) is 0 Å². The Balaban J connectivity index is 1.91. The summed E-state index contributed by atoms with van der Waals surface area (Å²) in [5, 5.41) is 2.57. The molecular weight excluding hydrogens is 272 g/mol. The number of allylic oxidation sites excluding steroid dienone is 4. The number of rotatable bonds is 3. The minimum atomic E-state index is -1.73. The van der Waals surface area contributed by atoms with E-state index in [1.54, 1.807) is 0 Å². The van der Waals surface area contributed by atoms with E-state index in [1.807, 2.05) is 0 Å². The Kier molecular flexibility index (Phi) is 3.50. The Morgan fingerprint density at radius 1 is 0.952 bits per heavy atom. The summed E-state index contributed by atoms with van der Waals surface area (Å²) in [5.41, 5.74) is 4.14. The van der Waals surface area contributed by atoms with Crippen LogP contribution >= 0.6 is 0 Å². The highest BCUT2D eigenvalue weighted by molar-refractivity contribution is 6.99. The van der Waals surface area contributed by atoms with Crippen molar-refractivity contribution in [1.29, 1.82) is 0 Å². The van der Waals surface area contributed by atoms with Gasteiger partial charge in [-0.15, -0.1) is 0 Å². The first-order chi connectivity index (χ1) is 9.98. The van der Waals surface area contributed by atoms with Crippen molar-refractivity contribution in [2.75, 3.05) is 0 Å². The fourth-order valence-electron chi connectivity index (χ4n) is 2.86. The van der Waals surface area contributed by atoms with Gasteiger partial charge in [-0.2, -0.15) is 0 Å². The molecule has 108 valence electrons. The van der Waals surface area contributed by atoms with Crippen LogP contribution < -0.4 is 10.6 Å². The molecule has 0 saturated carbocycles. The van der Waals surface area contributed by atoms with Crippen molar-refractivity contribution in [2.45, 2.75) is 33.4 Å². The van der Waals surface area contributed by atoms with Gasteiger partial charge in [-0.05, 0) is 38.0 Å². The summed E-state index contributed by atoms with van der Waals surface area (Å²) in [5.74, 6) is 1.04. The molecule has 21 heavy (non-hydrogen) atoms. The van der Waals surface area contributed by atoms with E-state index >= 15 is 0 Å². The molecule has 0 N–H and O–H groups in total. The highest BCUT2D eigenvalue weighted by Crippen LogP contribution is 2.32. The molecule has 0 saturated heterocycles. The van der Waals surface area contributed by atoms with Gasteiger partial charge in [0, 0.05) is 0 Å². The zero-order valence-corrected chi connectivity index (χ0v) is 14.2. The SMILES string of the molecule is CC1=C(C)CC(c2ccc([Si](C)(C)c3ccccc3)o2)=C1. The molecule has 0 unspecified atom stereocenters. The zero-order valence-electron chi connectivity index (χ0n) is 13.2. The topological polar surface area (TPSA) is 13.1 Å². The summed E-state index contributed by atoms with van der Waals surface area (Å²) < 4.78 is 6.25. The molecule has 0 bridgehead atoms. The van der Waals surface area contributed by atoms with E-state index in [-0.39, 0.29) is 0 Å².